The molecule has 1 aliphatic carbocycles. The molecule has 0 fully saturated rings. The summed E-state index contributed by atoms with van der Waals surface area (Å²) in [5, 5.41) is 2.64. The highest BCUT2D eigenvalue weighted by atomic mass is 16.1. The Bertz CT molecular complexity index is 1130. The first-order valence-corrected chi connectivity index (χ1v) is 10.8. The molecule has 1 amide bonds. The summed E-state index contributed by atoms with van der Waals surface area (Å²) < 4.78 is 0. The molecule has 0 spiro atoms. The number of aromatic nitrogens is 1. The average molecular weight is 413 g/mol. The molecule has 0 saturated carbocycles. The SMILES string of the molecule is CNC(=O)c1ccc(C2C(=O)c3cc(C)ccc3CC2c2cccc(C(C)C)n2)cc1. The lowest BCUT2D eigenvalue weighted by Crippen LogP contribution is -2.29. The quantitative estimate of drug-likeness (QED) is 0.642. The van der Waals surface area contributed by atoms with Crippen molar-refractivity contribution in [2.45, 2.75) is 44.9 Å². The molecule has 1 N–H and O–H groups in total. The summed E-state index contributed by atoms with van der Waals surface area (Å²) in [4.78, 5) is 30.6. The predicted molar refractivity (Wildman–Crippen MR) is 123 cm³/mol. The van der Waals surface area contributed by atoms with Crippen LogP contribution in [0.5, 0.6) is 0 Å². The van der Waals surface area contributed by atoms with Gasteiger partial charge in [-0.1, -0.05) is 49.7 Å². The van der Waals surface area contributed by atoms with Crippen LogP contribution in [-0.4, -0.2) is 23.7 Å². The number of nitrogens with zero attached hydrogens (tertiary/aromatic N) is 1. The Balaban J connectivity index is 1.82. The number of hydrogen-bond donors (Lipinski definition) is 1. The first-order valence-electron chi connectivity index (χ1n) is 10.8. The van der Waals surface area contributed by atoms with E-state index in [1.54, 1.807) is 19.2 Å². The molecular formula is C27H28N2O2. The third-order valence-corrected chi connectivity index (χ3v) is 6.18. The molecule has 2 aromatic carbocycles. The number of pyridine rings is 1. The van der Waals surface area contributed by atoms with Gasteiger partial charge in [0.25, 0.3) is 5.91 Å². The summed E-state index contributed by atoms with van der Waals surface area (Å²) in [6.07, 6.45) is 0.762. The maximum atomic E-state index is 13.7. The van der Waals surface area contributed by atoms with E-state index in [9.17, 15) is 9.59 Å². The first-order chi connectivity index (χ1) is 14.9. The van der Waals surface area contributed by atoms with E-state index < -0.39 is 0 Å². The second-order valence-electron chi connectivity index (χ2n) is 8.66. The van der Waals surface area contributed by atoms with Crippen molar-refractivity contribution in [3.8, 4) is 0 Å². The minimum atomic E-state index is -0.331. The summed E-state index contributed by atoms with van der Waals surface area (Å²) >= 11 is 0. The lowest BCUT2D eigenvalue weighted by Gasteiger charge is -2.32. The number of benzene rings is 2. The molecule has 158 valence electrons. The lowest BCUT2D eigenvalue weighted by atomic mass is 9.70. The second-order valence-corrected chi connectivity index (χ2v) is 8.66. The number of carbonyl (C=O) groups excluding carboxylic acids is 2. The molecule has 4 heteroatoms. The van der Waals surface area contributed by atoms with Gasteiger partial charge >= 0.3 is 0 Å². The molecule has 2 unspecified atom stereocenters. The van der Waals surface area contributed by atoms with E-state index in [4.69, 9.17) is 4.98 Å². The van der Waals surface area contributed by atoms with Gasteiger partial charge in [-0.3, -0.25) is 14.6 Å². The second kappa shape index (κ2) is 8.46. The fourth-order valence-corrected chi connectivity index (χ4v) is 4.44. The Morgan fingerprint density at radius 2 is 1.81 bits per heavy atom. The van der Waals surface area contributed by atoms with Crippen LogP contribution in [0.15, 0.2) is 60.7 Å². The highest BCUT2D eigenvalue weighted by molar-refractivity contribution is 6.04. The van der Waals surface area contributed by atoms with Crippen LogP contribution in [-0.2, 0) is 6.42 Å². The van der Waals surface area contributed by atoms with Gasteiger partial charge in [0, 0.05) is 35.5 Å². The zero-order valence-corrected chi connectivity index (χ0v) is 18.5. The van der Waals surface area contributed by atoms with Crippen molar-refractivity contribution in [2.75, 3.05) is 7.05 Å². The lowest BCUT2D eigenvalue weighted by molar-refractivity contribution is 0.0933. The number of nitrogens with one attached hydrogen (secondary N) is 1. The Morgan fingerprint density at radius 1 is 1.06 bits per heavy atom. The summed E-state index contributed by atoms with van der Waals surface area (Å²) in [6.45, 7) is 6.27. The van der Waals surface area contributed by atoms with E-state index in [2.05, 4.69) is 31.3 Å². The van der Waals surface area contributed by atoms with Crippen LogP contribution >= 0.6 is 0 Å². The average Bonchev–Trinajstić information content (AvgIpc) is 2.79. The molecule has 0 saturated heterocycles. The highest BCUT2D eigenvalue weighted by Gasteiger charge is 2.38. The fourth-order valence-electron chi connectivity index (χ4n) is 4.44. The molecule has 31 heavy (non-hydrogen) atoms. The van der Waals surface area contributed by atoms with Crippen LogP contribution < -0.4 is 5.32 Å². The normalized spacial score (nSPS) is 18.0. The van der Waals surface area contributed by atoms with Gasteiger partial charge in [0.15, 0.2) is 5.78 Å². The van der Waals surface area contributed by atoms with Crippen molar-refractivity contribution in [3.05, 3.63) is 99.9 Å². The standard InChI is InChI=1S/C27H28N2O2/c1-16(2)23-6-5-7-24(29-23)22-15-20-9-8-17(3)14-21(20)26(30)25(22)18-10-12-19(13-11-18)27(31)28-4/h5-14,16,22,25H,15H2,1-4H3,(H,28,31). The summed E-state index contributed by atoms with van der Waals surface area (Å²) in [7, 11) is 1.61. The van der Waals surface area contributed by atoms with Gasteiger partial charge in [-0.2, -0.15) is 0 Å². The van der Waals surface area contributed by atoms with Crippen LogP contribution in [0.2, 0.25) is 0 Å². The van der Waals surface area contributed by atoms with Crippen LogP contribution in [0.1, 0.15) is 80.4 Å². The maximum absolute atomic E-state index is 13.7. The third kappa shape index (κ3) is 4.02. The molecule has 0 bridgehead atoms. The number of fused-ring (bicyclic) bond motifs is 1. The van der Waals surface area contributed by atoms with E-state index in [1.807, 2.05) is 43.3 Å². The number of carbonyl (C=O) groups is 2. The molecule has 1 heterocycles. The van der Waals surface area contributed by atoms with Gasteiger partial charge in [0.05, 0.1) is 5.92 Å². The molecule has 3 aromatic rings. The first kappa shape index (κ1) is 21.0. The van der Waals surface area contributed by atoms with Crippen molar-refractivity contribution in [3.63, 3.8) is 0 Å². The van der Waals surface area contributed by atoms with Crippen LogP contribution in [0.25, 0.3) is 0 Å². The van der Waals surface area contributed by atoms with Crippen molar-refractivity contribution in [1.29, 1.82) is 0 Å². The molecule has 1 aromatic heterocycles. The van der Waals surface area contributed by atoms with Crippen molar-refractivity contribution >= 4 is 11.7 Å². The zero-order chi connectivity index (χ0) is 22.1. The number of hydrogen-bond acceptors (Lipinski definition) is 3. The van der Waals surface area contributed by atoms with Gasteiger partial charge in [0.2, 0.25) is 0 Å². The molecule has 0 aliphatic heterocycles. The van der Waals surface area contributed by atoms with Crippen LogP contribution in [0.4, 0.5) is 0 Å². The molecule has 4 rings (SSSR count). The molecular weight excluding hydrogens is 384 g/mol. The number of ketones is 1. The molecule has 1 aliphatic rings. The van der Waals surface area contributed by atoms with Crippen molar-refractivity contribution in [2.24, 2.45) is 0 Å². The molecule has 4 nitrogen and oxygen atoms in total. The predicted octanol–water partition coefficient (Wildman–Crippen LogP) is 5.18. The van der Waals surface area contributed by atoms with Gasteiger partial charge in [-0.15, -0.1) is 0 Å². The number of rotatable bonds is 4. The highest BCUT2D eigenvalue weighted by Crippen LogP contribution is 2.43. The van der Waals surface area contributed by atoms with Crippen molar-refractivity contribution in [1.82, 2.24) is 10.3 Å². The van der Waals surface area contributed by atoms with Gasteiger partial charge in [-0.25, -0.2) is 0 Å². The van der Waals surface area contributed by atoms with Crippen molar-refractivity contribution < 1.29 is 9.59 Å². The summed E-state index contributed by atoms with van der Waals surface area (Å²) in [5.74, 6) is -0.0700. The molecule has 0 radical (unpaired) electrons. The van der Waals surface area contributed by atoms with E-state index in [0.717, 1.165) is 40.1 Å². The van der Waals surface area contributed by atoms with Gasteiger partial charge in [0.1, 0.15) is 0 Å². The monoisotopic (exact) mass is 412 g/mol. The third-order valence-electron chi connectivity index (χ3n) is 6.18. The Labute approximate surface area is 183 Å². The van der Waals surface area contributed by atoms with Crippen LogP contribution in [0.3, 0.4) is 0 Å². The smallest absolute Gasteiger partial charge is 0.251 e. The van der Waals surface area contributed by atoms with E-state index in [-0.39, 0.29) is 23.5 Å². The zero-order valence-electron chi connectivity index (χ0n) is 18.5. The van der Waals surface area contributed by atoms with E-state index in [1.165, 1.54) is 0 Å². The summed E-state index contributed by atoms with van der Waals surface area (Å²) in [5.41, 5.74) is 6.46. The minimum absolute atomic E-state index is 0.0488. The number of aryl methyl sites for hydroxylation is 1. The maximum Gasteiger partial charge on any atom is 0.251 e. The van der Waals surface area contributed by atoms with Gasteiger partial charge in [-0.05, 0) is 60.7 Å². The topological polar surface area (TPSA) is 59.1 Å². The summed E-state index contributed by atoms with van der Waals surface area (Å²) in [6, 6.07) is 19.7. The minimum Gasteiger partial charge on any atom is -0.355 e. The number of Topliss-reactive ketones (excluding diaryl/α,β-unsaturated/α-hetero) is 1. The largest absolute Gasteiger partial charge is 0.355 e. The fraction of sp³-hybridized carbons (Fsp3) is 0.296. The Hall–Kier alpha value is -3.27. The Kier molecular flexibility index (Phi) is 5.73. The molecule has 2 atom stereocenters. The van der Waals surface area contributed by atoms with E-state index >= 15 is 0 Å². The van der Waals surface area contributed by atoms with E-state index in [0.29, 0.717) is 11.5 Å². The Morgan fingerprint density at radius 3 is 2.48 bits per heavy atom. The number of amides is 1. The van der Waals surface area contributed by atoms with Gasteiger partial charge < -0.3 is 5.32 Å². The van der Waals surface area contributed by atoms with Crippen LogP contribution in [0, 0.1) is 6.92 Å².